The number of hydrogen-bond acceptors (Lipinski definition) is 3. The molecule has 1 fully saturated rings. The summed E-state index contributed by atoms with van der Waals surface area (Å²) in [5, 5.41) is 3.04. The van der Waals surface area contributed by atoms with Crippen molar-refractivity contribution in [2.24, 2.45) is 17.1 Å². The average Bonchev–Trinajstić information content (AvgIpc) is 3.25. The third-order valence-corrected chi connectivity index (χ3v) is 4.28. The van der Waals surface area contributed by atoms with E-state index in [0.717, 1.165) is 30.6 Å². The lowest BCUT2D eigenvalue weighted by atomic mass is 9.95. The van der Waals surface area contributed by atoms with E-state index >= 15 is 0 Å². The molecular formula is C15H20N2O2. The Kier molecular flexibility index (Phi) is 3.19. The number of nitrogens with two attached hydrogens (primary N) is 1. The van der Waals surface area contributed by atoms with Crippen LogP contribution in [0.2, 0.25) is 0 Å². The molecule has 2 aliphatic rings. The van der Waals surface area contributed by atoms with Gasteiger partial charge in [0.2, 0.25) is 5.91 Å². The van der Waals surface area contributed by atoms with Gasteiger partial charge in [0.1, 0.15) is 12.4 Å². The zero-order valence-corrected chi connectivity index (χ0v) is 11.0. The van der Waals surface area contributed by atoms with Crippen molar-refractivity contribution in [1.82, 2.24) is 5.32 Å². The highest BCUT2D eigenvalue weighted by molar-refractivity contribution is 5.79. The maximum atomic E-state index is 12.2. The first-order valence-electron chi connectivity index (χ1n) is 6.91. The van der Waals surface area contributed by atoms with Crippen molar-refractivity contribution in [1.29, 1.82) is 0 Å². The van der Waals surface area contributed by atoms with Crippen LogP contribution in [0.15, 0.2) is 24.3 Å². The van der Waals surface area contributed by atoms with Gasteiger partial charge in [0, 0.05) is 6.54 Å². The minimum atomic E-state index is -0.0801. The van der Waals surface area contributed by atoms with Crippen LogP contribution in [0, 0.1) is 11.3 Å². The second-order valence-electron chi connectivity index (χ2n) is 5.74. The highest BCUT2D eigenvalue weighted by atomic mass is 16.5. The van der Waals surface area contributed by atoms with Gasteiger partial charge in [0.15, 0.2) is 0 Å². The molecule has 1 aromatic carbocycles. The summed E-state index contributed by atoms with van der Waals surface area (Å²) in [6.45, 7) is 1.84. The van der Waals surface area contributed by atoms with E-state index < -0.39 is 0 Å². The van der Waals surface area contributed by atoms with E-state index in [0.29, 0.717) is 19.7 Å². The van der Waals surface area contributed by atoms with Gasteiger partial charge in [-0.2, -0.15) is 0 Å². The number of para-hydroxylation sites is 1. The highest BCUT2D eigenvalue weighted by Gasteiger charge is 2.41. The fraction of sp³-hybridized carbons (Fsp3) is 0.533. The number of ether oxygens (including phenoxy) is 1. The SMILES string of the molecule is NCC1(CNC(=O)C2COc3ccccc3C2)CC1. The third-order valence-electron chi connectivity index (χ3n) is 4.28. The van der Waals surface area contributed by atoms with Crippen molar-refractivity contribution < 1.29 is 9.53 Å². The van der Waals surface area contributed by atoms with E-state index in [-0.39, 0.29) is 17.2 Å². The van der Waals surface area contributed by atoms with Crippen molar-refractivity contribution in [2.45, 2.75) is 19.3 Å². The van der Waals surface area contributed by atoms with Crippen molar-refractivity contribution >= 4 is 5.91 Å². The van der Waals surface area contributed by atoms with Gasteiger partial charge in [0.05, 0.1) is 5.92 Å². The van der Waals surface area contributed by atoms with Crippen LogP contribution >= 0.6 is 0 Å². The van der Waals surface area contributed by atoms with Crippen molar-refractivity contribution in [3.63, 3.8) is 0 Å². The molecule has 0 bridgehead atoms. The normalized spacial score (nSPS) is 23.1. The van der Waals surface area contributed by atoms with Gasteiger partial charge >= 0.3 is 0 Å². The van der Waals surface area contributed by atoms with Gasteiger partial charge in [-0.15, -0.1) is 0 Å². The van der Waals surface area contributed by atoms with E-state index in [9.17, 15) is 4.79 Å². The monoisotopic (exact) mass is 260 g/mol. The lowest BCUT2D eigenvalue weighted by Gasteiger charge is -2.25. The lowest BCUT2D eigenvalue weighted by Crippen LogP contribution is -2.41. The summed E-state index contributed by atoms with van der Waals surface area (Å²) in [5.74, 6) is 0.921. The Labute approximate surface area is 113 Å². The predicted octanol–water partition coefficient (Wildman–Crippen LogP) is 1.09. The summed E-state index contributed by atoms with van der Waals surface area (Å²) in [7, 11) is 0. The molecule has 0 saturated heterocycles. The summed E-state index contributed by atoms with van der Waals surface area (Å²) in [6.07, 6.45) is 3.03. The van der Waals surface area contributed by atoms with Gasteiger partial charge < -0.3 is 15.8 Å². The number of fused-ring (bicyclic) bond motifs is 1. The van der Waals surface area contributed by atoms with E-state index in [1.165, 1.54) is 0 Å². The smallest absolute Gasteiger partial charge is 0.226 e. The molecule has 3 N–H and O–H groups in total. The van der Waals surface area contributed by atoms with Gasteiger partial charge in [-0.1, -0.05) is 18.2 Å². The molecule has 0 aromatic heterocycles. The van der Waals surface area contributed by atoms with E-state index in [2.05, 4.69) is 5.32 Å². The standard InChI is InChI=1S/C15H20N2O2/c16-9-15(5-6-15)10-17-14(18)12-7-11-3-1-2-4-13(11)19-8-12/h1-4,12H,5-10,16H2,(H,17,18). The largest absolute Gasteiger partial charge is 0.492 e. The fourth-order valence-corrected chi connectivity index (χ4v) is 2.55. The second kappa shape index (κ2) is 4.85. The molecule has 3 rings (SSSR count). The van der Waals surface area contributed by atoms with Crippen LogP contribution in [-0.4, -0.2) is 25.6 Å². The summed E-state index contributed by atoms with van der Waals surface area (Å²) in [6, 6.07) is 7.92. The van der Waals surface area contributed by atoms with Crippen LogP contribution in [0.3, 0.4) is 0 Å². The lowest BCUT2D eigenvalue weighted by molar-refractivity contribution is -0.126. The quantitative estimate of drug-likeness (QED) is 0.852. The molecule has 1 heterocycles. The first-order valence-corrected chi connectivity index (χ1v) is 6.91. The highest BCUT2D eigenvalue weighted by Crippen LogP contribution is 2.43. The first kappa shape index (κ1) is 12.5. The van der Waals surface area contributed by atoms with Crippen LogP contribution in [-0.2, 0) is 11.2 Å². The Morgan fingerprint density at radius 3 is 2.95 bits per heavy atom. The Bertz CT molecular complexity index is 483. The van der Waals surface area contributed by atoms with Crippen LogP contribution in [0.25, 0.3) is 0 Å². The van der Waals surface area contributed by atoms with E-state index in [1.807, 2.05) is 24.3 Å². The molecule has 1 aromatic rings. The molecule has 102 valence electrons. The van der Waals surface area contributed by atoms with Gasteiger partial charge in [-0.3, -0.25) is 4.79 Å². The number of benzene rings is 1. The third kappa shape index (κ3) is 2.59. The molecule has 1 aliphatic heterocycles. The van der Waals surface area contributed by atoms with Crippen LogP contribution in [0.4, 0.5) is 0 Å². The molecule has 1 unspecified atom stereocenters. The van der Waals surface area contributed by atoms with Crippen molar-refractivity contribution in [2.75, 3.05) is 19.7 Å². The molecular weight excluding hydrogens is 240 g/mol. The molecule has 1 aliphatic carbocycles. The van der Waals surface area contributed by atoms with Crippen LogP contribution in [0.1, 0.15) is 18.4 Å². The van der Waals surface area contributed by atoms with E-state index in [4.69, 9.17) is 10.5 Å². The Hall–Kier alpha value is -1.55. The number of carbonyl (C=O) groups excluding carboxylic acids is 1. The second-order valence-corrected chi connectivity index (χ2v) is 5.74. The maximum Gasteiger partial charge on any atom is 0.226 e. The summed E-state index contributed by atoms with van der Waals surface area (Å²) in [4.78, 5) is 12.2. The van der Waals surface area contributed by atoms with Crippen LogP contribution < -0.4 is 15.8 Å². The molecule has 0 spiro atoms. The topological polar surface area (TPSA) is 64.3 Å². The molecule has 19 heavy (non-hydrogen) atoms. The molecule has 1 saturated carbocycles. The van der Waals surface area contributed by atoms with Crippen LogP contribution in [0.5, 0.6) is 5.75 Å². The minimum absolute atomic E-state index is 0.0801. The summed E-state index contributed by atoms with van der Waals surface area (Å²) >= 11 is 0. The average molecular weight is 260 g/mol. The predicted molar refractivity (Wildman–Crippen MR) is 72.9 cm³/mol. The molecule has 1 amide bonds. The molecule has 1 atom stereocenters. The number of nitrogens with one attached hydrogen (secondary N) is 1. The number of carbonyl (C=O) groups is 1. The fourth-order valence-electron chi connectivity index (χ4n) is 2.55. The molecule has 4 heteroatoms. The Morgan fingerprint density at radius 1 is 1.42 bits per heavy atom. The number of rotatable bonds is 4. The van der Waals surface area contributed by atoms with Crippen molar-refractivity contribution in [3.05, 3.63) is 29.8 Å². The Balaban J connectivity index is 1.57. The Morgan fingerprint density at radius 2 is 2.21 bits per heavy atom. The van der Waals surface area contributed by atoms with Crippen molar-refractivity contribution in [3.8, 4) is 5.75 Å². The summed E-state index contributed by atoms with van der Waals surface area (Å²) in [5.41, 5.74) is 7.02. The van der Waals surface area contributed by atoms with E-state index in [1.54, 1.807) is 0 Å². The van der Waals surface area contributed by atoms with Gasteiger partial charge in [-0.05, 0) is 42.9 Å². The van der Waals surface area contributed by atoms with Gasteiger partial charge in [-0.25, -0.2) is 0 Å². The first-order chi connectivity index (χ1) is 9.22. The zero-order valence-electron chi connectivity index (χ0n) is 11.0. The molecule has 0 radical (unpaired) electrons. The zero-order chi connectivity index (χ0) is 13.3. The van der Waals surface area contributed by atoms with Gasteiger partial charge in [0.25, 0.3) is 0 Å². The molecule has 4 nitrogen and oxygen atoms in total. The number of hydrogen-bond donors (Lipinski definition) is 2. The number of amides is 1. The summed E-state index contributed by atoms with van der Waals surface area (Å²) < 4.78 is 5.65. The minimum Gasteiger partial charge on any atom is -0.492 e. The maximum absolute atomic E-state index is 12.2.